The van der Waals surface area contributed by atoms with Gasteiger partial charge in [0.05, 0.1) is 0 Å². The van der Waals surface area contributed by atoms with Crippen molar-refractivity contribution in [3.05, 3.63) is 101 Å². The van der Waals surface area contributed by atoms with Crippen LogP contribution in [0.4, 0.5) is 0 Å². The Bertz CT molecular complexity index is 1960. The monoisotopic (exact) mass is 1090 g/mol. The van der Waals surface area contributed by atoms with Gasteiger partial charge in [-0.15, -0.1) is 0 Å². The number of halogens is 4. The Labute approximate surface area is 412 Å². The first-order valence-corrected chi connectivity index (χ1v) is 28.4. The molecule has 5 rings (SSSR count). The van der Waals surface area contributed by atoms with Gasteiger partial charge in [-0.05, 0) is 154 Å². The minimum atomic E-state index is 1.10. The largest absolute Gasteiger partial charge is 0.0654 e. The molecule has 0 nitrogen and oxygen atoms in total. The molecule has 0 spiro atoms. The maximum absolute atomic E-state index is 4.08. The molecular formula is C58H78Br4. The summed E-state index contributed by atoms with van der Waals surface area (Å²) in [5, 5.41) is 5.36. The summed E-state index contributed by atoms with van der Waals surface area (Å²) in [7, 11) is 0. The zero-order valence-corrected chi connectivity index (χ0v) is 45.4. The lowest BCUT2D eigenvalue weighted by Gasteiger charge is -2.17. The molecule has 338 valence electrons. The first-order valence-electron chi connectivity index (χ1n) is 25.3. The van der Waals surface area contributed by atoms with Gasteiger partial charge in [-0.2, -0.15) is 0 Å². The van der Waals surface area contributed by atoms with E-state index in [1.807, 2.05) is 0 Å². The van der Waals surface area contributed by atoms with Crippen LogP contribution in [0.15, 0.2) is 78.6 Å². The van der Waals surface area contributed by atoms with E-state index in [1.54, 1.807) is 22.3 Å². The third-order valence-electron chi connectivity index (χ3n) is 13.3. The van der Waals surface area contributed by atoms with Crippen LogP contribution in [0.2, 0.25) is 0 Å². The van der Waals surface area contributed by atoms with Crippen LogP contribution >= 0.6 is 63.7 Å². The molecule has 0 aliphatic rings. The van der Waals surface area contributed by atoms with Crippen LogP contribution in [-0.4, -0.2) is 0 Å². The number of hydrogen-bond donors (Lipinski definition) is 0. The van der Waals surface area contributed by atoms with Crippen molar-refractivity contribution >= 4 is 85.3 Å². The fourth-order valence-corrected chi connectivity index (χ4v) is 11.8. The highest BCUT2D eigenvalue weighted by Gasteiger charge is 2.18. The number of aryl methyl sites for hydroxylation is 4. The molecule has 4 heteroatoms. The zero-order chi connectivity index (χ0) is 44.1. The molecule has 0 aliphatic carbocycles. The van der Waals surface area contributed by atoms with Crippen LogP contribution in [0.1, 0.15) is 204 Å². The standard InChI is InChI=1S/C58H78Br4/c1-5-9-13-17-21-25-29-43-33-47-37-51(55(59)39-49(47)35-45(43)31-27-23-19-15-11-7-3)53-41-58(62)54(42-57(53)61)52-38-48-34-44(30-26-22-18-14-10-6-2)46(36-50(48)40-56(52)60)32-28-24-20-16-12-8-4/h33-42H,5-32H2,1-4H3. The van der Waals surface area contributed by atoms with E-state index >= 15 is 0 Å². The van der Waals surface area contributed by atoms with Gasteiger partial charge in [-0.1, -0.05) is 244 Å². The van der Waals surface area contributed by atoms with Crippen molar-refractivity contribution in [2.24, 2.45) is 0 Å². The molecule has 5 aromatic rings. The zero-order valence-electron chi connectivity index (χ0n) is 39.1. The van der Waals surface area contributed by atoms with Crippen molar-refractivity contribution in [3.8, 4) is 22.3 Å². The van der Waals surface area contributed by atoms with Gasteiger partial charge in [0.25, 0.3) is 0 Å². The molecule has 0 aliphatic heterocycles. The first-order chi connectivity index (χ1) is 30.3. The lowest BCUT2D eigenvalue weighted by atomic mass is 9.91. The molecule has 0 fully saturated rings. The van der Waals surface area contributed by atoms with Crippen LogP contribution in [0.3, 0.4) is 0 Å². The van der Waals surface area contributed by atoms with E-state index in [9.17, 15) is 0 Å². The van der Waals surface area contributed by atoms with E-state index in [0.717, 1.165) is 17.9 Å². The smallest absolute Gasteiger partial charge is 0.0261 e. The summed E-state index contributed by atoms with van der Waals surface area (Å²) in [5.41, 5.74) is 11.1. The molecule has 0 bridgehead atoms. The highest BCUT2D eigenvalue weighted by molar-refractivity contribution is 9.11. The van der Waals surface area contributed by atoms with Crippen molar-refractivity contribution < 1.29 is 0 Å². The van der Waals surface area contributed by atoms with Crippen LogP contribution in [0, 0.1) is 0 Å². The highest BCUT2D eigenvalue weighted by atomic mass is 79.9. The second-order valence-corrected chi connectivity index (χ2v) is 21.9. The van der Waals surface area contributed by atoms with E-state index in [2.05, 4.69) is 152 Å². The Balaban J connectivity index is 1.42. The number of rotatable bonds is 30. The Morgan fingerprint density at radius 2 is 0.452 bits per heavy atom. The summed E-state index contributed by atoms with van der Waals surface area (Å²) in [4.78, 5) is 0. The van der Waals surface area contributed by atoms with Crippen molar-refractivity contribution in [2.45, 2.75) is 207 Å². The summed E-state index contributed by atoms with van der Waals surface area (Å²) in [6, 6.07) is 24.3. The maximum atomic E-state index is 4.08. The Hall–Kier alpha value is -1.46. The van der Waals surface area contributed by atoms with Crippen molar-refractivity contribution in [1.29, 1.82) is 0 Å². The predicted octanol–water partition coefficient (Wildman–Crippen LogP) is 22.0. The second-order valence-electron chi connectivity index (χ2n) is 18.5. The lowest BCUT2D eigenvalue weighted by molar-refractivity contribution is 0.599. The van der Waals surface area contributed by atoms with Crippen LogP contribution in [0.25, 0.3) is 43.8 Å². The lowest BCUT2D eigenvalue weighted by Crippen LogP contribution is -1.97. The molecule has 0 N–H and O–H groups in total. The first kappa shape index (κ1) is 51.5. The second kappa shape index (κ2) is 28.5. The molecule has 0 saturated heterocycles. The molecule has 5 aromatic carbocycles. The molecule has 0 unspecified atom stereocenters. The Morgan fingerprint density at radius 3 is 0.726 bits per heavy atom. The number of hydrogen-bond acceptors (Lipinski definition) is 0. The van der Waals surface area contributed by atoms with Gasteiger partial charge in [0.15, 0.2) is 0 Å². The SMILES string of the molecule is CCCCCCCCc1cc2cc(Br)c(-c3cc(Br)c(-c4cc5cc(CCCCCCCC)c(CCCCCCCC)cc5cc4Br)cc3Br)cc2cc1CCCCCCCC. The van der Waals surface area contributed by atoms with Gasteiger partial charge in [0.1, 0.15) is 0 Å². The van der Waals surface area contributed by atoms with Gasteiger partial charge in [-0.25, -0.2) is 0 Å². The topological polar surface area (TPSA) is 0 Å². The van der Waals surface area contributed by atoms with Gasteiger partial charge in [0, 0.05) is 17.9 Å². The highest BCUT2D eigenvalue weighted by Crippen LogP contribution is 2.44. The number of unbranched alkanes of at least 4 members (excludes halogenated alkanes) is 20. The summed E-state index contributed by atoms with van der Waals surface area (Å²) < 4.78 is 4.49. The fraction of sp³-hybridized carbons (Fsp3) is 0.552. The van der Waals surface area contributed by atoms with Crippen molar-refractivity contribution in [2.75, 3.05) is 0 Å². The van der Waals surface area contributed by atoms with E-state index in [0.29, 0.717) is 0 Å². The molecule has 0 atom stereocenters. The molecular weight excluding hydrogens is 1020 g/mol. The number of fused-ring (bicyclic) bond motifs is 2. The van der Waals surface area contributed by atoms with E-state index in [4.69, 9.17) is 0 Å². The van der Waals surface area contributed by atoms with Gasteiger partial charge < -0.3 is 0 Å². The maximum Gasteiger partial charge on any atom is 0.0261 e. The molecule has 0 amide bonds. The third-order valence-corrected chi connectivity index (χ3v) is 15.9. The Kier molecular flexibility index (Phi) is 23.7. The molecule has 0 aromatic heterocycles. The number of benzene rings is 5. The average Bonchev–Trinajstić information content (AvgIpc) is 3.26. The Morgan fingerprint density at radius 1 is 0.242 bits per heavy atom. The van der Waals surface area contributed by atoms with E-state index in [1.165, 1.54) is 224 Å². The quantitative estimate of drug-likeness (QED) is 0.0402. The van der Waals surface area contributed by atoms with Crippen LogP contribution < -0.4 is 0 Å². The van der Waals surface area contributed by atoms with Gasteiger partial charge in [0.2, 0.25) is 0 Å². The van der Waals surface area contributed by atoms with Crippen molar-refractivity contribution in [3.63, 3.8) is 0 Å². The average molecular weight is 1090 g/mol. The summed E-state index contributed by atoms with van der Waals surface area (Å²) >= 11 is 16.3. The molecule has 0 saturated carbocycles. The summed E-state index contributed by atoms with van der Waals surface area (Å²) in [6.07, 6.45) is 36.9. The van der Waals surface area contributed by atoms with Crippen molar-refractivity contribution in [1.82, 2.24) is 0 Å². The molecule has 0 heterocycles. The minimum Gasteiger partial charge on any atom is -0.0654 e. The van der Waals surface area contributed by atoms with E-state index < -0.39 is 0 Å². The third kappa shape index (κ3) is 15.9. The normalized spacial score (nSPS) is 11.7. The summed E-state index contributed by atoms with van der Waals surface area (Å²) in [6.45, 7) is 9.23. The molecule has 62 heavy (non-hydrogen) atoms. The van der Waals surface area contributed by atoms with Crippen LogP contribution in [-0.2, 0) is 25.7 Å². The minimum absolute atomic E-state index is 1.10. The van der Waals surface area contributed by atoms with Crippen LogP contribution in [0.5, 0.6) is 0 Å². The predicted molar refractivity (Wildman–Crippen MR) is 291 cm³/mol. The summed E-state index contributed by atoms with van der Waals surface area (Å²) in [5.74, 6) is 0. The fourth-order valence-electron chi connectivity index (χ4n) is 9.52. The molecule has 0 radical (unpaired) electrons. The van der Waals surface area contributed by atoms with E-state index in [-0.39, 0.29) is 0 Å². The van der Waals surface area contributed by atoms with Gasteiger partial charge >= 0.3 is 0 Å². The van der Waals surface area contributed by atoms with Gasteiger partial charge in [-0.3, -0.25) is 0 Å².